The molecule has 0 amide bonds. The molecule has 0 radical (unpaired) electrons. The molecule has 28 heavy (non-hydrogen) atoms. The van der Waals surface area contributed by atoms with Gasteiger partial charge in [0, 0.05) is 30.1 Å². The number of anilines is 1. The predicted molar refractivity (Wildman–Crippen MR) is 106 cm³/mol. The molecule has 1 saturated carbocycles. The highest BCUT2D eigenvalue weighted by Crippen LogP contribution is 2.34. The lowest BCUT2D eigenvalue weighted by Crippen LogP contribution is -2.06. The zero-order chi connectivity index (χ0) is 19.5. The molecule has 3 aromatic rings. The Labute approximate surface area is 167 Å². The zero-order valence-electron chi connectivity index (χ0n) is 15.3. The van der Waals surface area contributed by atoms with Crippen LogP contribution in [0, 0.1) is 0 Å². The summed E-state index contributed by atoms with van der Waals surface area (Å²) in [4.78, 5) is 12.9. The minimum absolute atomic E-state index is 0.297. The molecule has 1 fully saturated rings. The summed E-state index contributed by atoms with van der Waals surface area (Å²) in [6.07, 6.45) is 5.53. The van der Waals surface area contributed by atoms with Gasteiger partial charge in [-0.05, 0) is 25.0 Å². The van der Waals surface area contributed by atoms with Gasteiger partial charge in [-0.25, -0.2) is 15.0 Å². The van der Waals surface area contributed by atoms with Gasteiger partial charge >= 0.3 is 0 Å². The van der Waals surface area contributed by atoms with Gasteiger partial charge in [0.2, 0.25) is 5.95 Å². The van der Waals surface area contributed by atoms with Gasteiger partial charge in [0.1, 0.15) is 11.4 Å². The van der Waals surface area contributed by atoms with Crippen LogP contribution in [0.15, 0.2) is 30.6 Å². The molecule has 10 heteroatoms. The van der Waals surface area contributed by atoms with Gasteiger partial charge in [-0.15, -0.1) is 10.2 Å². The second kappa shape index (κ2) is 7.85. The highest BCUT2D eigenvalue weighted by molar-refractivity contribution is 7.75. The summed E-state index contributed by atoms with van der Waals surface area (Å²) in [6, 6.07) is 5.97. The summed E-state index contributed by atoms with van der Waals surface area (Å²) in [5.41, 5.74) is 2.67. The van der Waals surface area contributed by atoms with Crippen molar-refractivity contribution in [2.24, 2.45) is 0 Å². The largest absolute Gasteiger partial charge is 0.477 e. The summed E-state index contributed by atoms with van der Waals surface area (Å²) in [5, 5.41) is 11.6. The molecule has 0 aliphatic heterocycles. The number of nitrogens with one attached hydrogen (secondary N) is 1. The second-order valence-electron chi connectivity index (χ2n) is 6.16. The molecule has 1 N–H and O–H groups in total. The SMILES string of the molecule is COc1ncc(-c2ccc(-c3cnc(NC4CC4)nn3)c(OS)c2)nc1OC. The Morgan fingerprint density at radius 1 is 1.00 bits per heavy atom. The minimum atomic E-state index is 0.297. The van der Waals surface area contributed by atoms with E-state index in [-0.39, 0.29) is 0 Å². The maximum Gasteiger partial charge on any atom is 0.278 e. The van der Waals surface area contributed by atoms with E-state index in [1.54, 1.807) is 18.5 Å². The van der Waals surface area contributed by atoms with Crippen molar-refractivity contribution < 1.29 is 13.7 Å². The van der Waals surface area contributed by atoms with Crippen molar-refractivity contribution in [3.8, 4) is 40.0 Å². The van der Waals surface area contributed by atoms with Crippen LogP contribution >= 0.6 is 12.9 Å². The predicted octanol–water partition coefficient (Wildman–Crippen LogP) is 2.81. The average molecular weight is 398 g/mol. The first-order chi connectivity index (χ1) is 13.7. The van der Waals surface area contributed by atoms with Crippen LogP contribution in [0.2, 0.25) is 0 Å². The smallest absolute Gasteiger partial charge is 0.278 e. The standard InChI is InChI=1S/C18H18N6O3S/c1-25-16-17(26-2)22-13(8-19-16)10-3-6-12(15(7-10)27-28)14-9-20-18(24-23-14)21-11-4-5-11/h3,6-9,11,28H,4-5H2,1-2H3,(H,20,21,24). The highest BCUT2D eigenvalue weighted by Gasteiger charge is 2.22. The van der Waals surface area contributed by atoms with Crippen molar-refractivity contribution in [2.75, 3.05) is 19.5 Å². The summed E-state index contributed by atoms with van der Waals surface area (Å²) < 4.78 is 15.6. The fraction of sp³-hybridized carbons (Fsp3) is 0.278. The lowest BCUT2D eigenvalue weighted by Gasteiger charge is -2.11. The summed E-state index contributed by atoms with van der Waals surface area (Å²) in [7, 11) is 3.02. The van der Waals surface area contributed by atoms with Crippen molar-refractivity contribution in [1.29, 1.82) is 0 Å². The third-order valence-electron chi connectivity index (χ3n) is 4.22. The summed E-state index contributed by atoms with van der Waals surface area (Å²) >= 11 is 3.97. The number of rotatable bonds is 7. The Bertz CT molecular complexity index is 982. The molecular formula is C18H18N6O3S. The van der Waals surface area contributed by atoms with Crippen LogP contribution in [0.1, 0.15) is 12.8 Å². The van der Waals surface area contributed by atoms with Crippen LogP contribution < -0.4 is 19.0 Å². The molecule has 1 aliphatic carbocycles. The Morgan fingerprint density at radius 2 is 1.79 bits per heavy atom. The van der Waals surface area contributed by atoms with Gasteiger partial charge in [-0.1, -0.05) is 6.07 Å². The van der Waals surface area contributed by atoms with Crippen molar-refractivity contribution in [2.45, 2.75) is 18.9 Å². The van der Waals surface area contributed by atoms with E-state index in [1.807, 2.05) is 12.1 Å². The maximum atomic E-state index is 5.25. The number of ether oxygens (including phenoxy) is 2. The van der Waals surface area contributed by atoms with E-state index in [1.165, 1.54) is 14.2 Å². The van der Waals surface area contributed by atoms with Gasteiger partial charge in [-0.2, -0.15) is 0 Å². The summed E-state index contributed by atoms with van der Waals surface area (Å²) in [5.74, 6) is 1.63. The first-order valence-corrected chi connectivity index (χ1v) is 8.96. The molecule has 1 aromatic carbocycles. The van der Waals surface area contributed by atoms with Gasteiger partial charge in [0.15, 0.2) is 0 Å². The quantitative estimate of drug-likeness (QED) is 0.459. The van der Waals surface area contributed by atoms with Crippen molar-refractivity contribution in [1.82, 2.24) is 25.1 Å². The number of benzene rings is 1. The van der Waals surface area contributed by atoms with Gasteiger partial charge in [-0.3, -0.25) is 0 Å². The van der Waals surface area contributed by atoms with E-state index in [0.29, 0.717) is 46.5 Å². The van der Waals surface area contributed by atoms with Gasteiger partial charge in [0.05, 0.1) is 32.3 Å². The number of methoxy groups -OCH3 is 2. The Morgan fingerprint density at radius 3 is 2.43 bits per heavy atom. The Kier molecular flexibility index (Phi) is 5.11. The van der Waals surface area contributed by atoms with Gasteiger partial charge < -0.3 is 19.0 Å². The molecule has 0 atom stereocenters. The number of nitrogens with zero attached hydrogens (tertiary/aromatic N) is 5. The topological polar surface area (TPSA) is 104 Å². The molecule has 1 aliphatic rings. The van der Waals surface area contributed by atoms with E-state index in [9.17, 15) is 0 Å². The van der Waals surface area contributed by atoms with Crippen LogP contribution in [0.3, 0.4) is 0 Å². The van der Waals surface area contributed by atoms with Crippen molar-refractivity contribution >= 4 is 18.9 Å². The second-order valence-corrected chi connectivity index (χ2v) is 6.34. The molecule has 0 unspecified atom stereocenters. The van der Waals surface area contributed by atoms with Crippen LogP contribution in [-0.2, 0) is 0 Å². The fourth-order valence-corrected chi connectivity index (χ4v) is 2.77. The Balaban J connectivity index is 1.64. The van der Waals surface area contributed by atoms with E-state index in [4.69, 9.17) is 13.7 Å². The number of hydrogen-bond donors (Lipinski definition) is 2. The molecule has 2 aromatic heterocycles. The van der Waals surface area contributed by atoms with E-state index in [0.717, 1.165) is 18.4 Å². The molecule has 0 spiro atoms. The molecule has 2 heterocycles. The number of aromatic nitrogens is 5. The molecular weight excluding hydrogens is 380 g/mol. The van der Waals surface area contributed by atoms with Gasteiger partial charge in [0.25, 0.3) is 11.8 Å². The van der Waals surface area contributed by atoms with E-state index < -0.39 is 0 Å². The van der Waals surface area contributed by atoms with Crippen LogP contribution in [0.25, 0.3) is 22.5 Å². The normalized spacial score (nSPS) is 13.1. The molecule has 0 saturated heterocycles. The molecule has 0 bridgehead atoms. The monoisotopic (exact) mass is 398 g/mol. The average Bonchev–Trinajstić information content (AvgIpc) is 3.57. The minimum Gasteiger partial charge on any atom is -0.477 e. The first-order valence-electron chi connectivity index (χ1n) is 8.59. The Hall–Kier alpha value is -3.14. The van der Waals surface area contributed by atoms with Crippen LogP contribution in [0.5, 0.6) is 17.5 Å². The summed E-state index contributed by atoms with van der Waals surface area (Å²) in [6.45, 7) is 0. The number of hydrogen-bond acceptors (Lipinski definition) is 10. The molecule has 144 valence electrons. The van der Waals surface area contributed by atoms with E-state index in [2.05, 4.69) is 43.4 Å². The third kappa shape index (κ3) is 3.77. The zero-order valence-corrected chi connectivity index (χ0v) is 16.2. The molecule has 4 rings (SSSR count). The maximum absolute atomic E-state index is 5.25. The molecule has 9 nitrogen and oxygen atoms in total. The van der Waals surface area contributed by atoms with E-state index >= 15 is 0 Å². The first kappa shape index (κ1) is 18.2. The highest BCUT2D eigenvalue weighted by atomic mass is 32.1. The fourth-order valence-electron chi connectivity index (χ4n) is 2.62. The van der Waals surface area contributed by atoms with Crippen molar-refractivity contribution in [3.63, 3.8) is 0 Å². The number of thiol groups is 1. The lowest BCUT2D eigenvalue weighted by atomic mass is 10.1. The van der Waals surface area contributed by atoms with Crippen LogP contribution in [0.4, 0.5) is 5.95 Å². The third-order valence-corrected chi connectivity index (χ3v) is 4.42. The van der Waals surface area contributed by atoms with Crippen molar-refractivity contribution in [3.05, 3.63) is 30.6 Å². The lowest BCUT2D eigenvalue weighted by molar-refractivity contribution is 0.332. The van der Waals surface area contributed by atoms with Crippen LogP contribution in [-0.4, -0.2) is 45.4 Å².